The summed E-state index contributed by atoms with van der Waals surface area (Å²) in [7, 11) is 1.67. The first-order valence-electron chi connectivity index (χ1n) is 9.16. The van der Waals surface area contributed by atoms with E-state index in [0.29, 0.717) is 12.0 Å². The molecular weight excluding hydrogens is 302 g/mol. The van der Waals surface area contributed by atoms with E-state index in [0.717, 1.165) is 37.1 Å². The van der Waals surface area contributed by atoms with E-state index in [2.05, 4.69) is 12.1 Å². The van der Waals surface area contributed by atoms with Gasteiger partial charge in [0.05, 0.1) is 12.5 Å². The van der Waals surface area contributed by atoms with Crippen LogP contribution in [0.25, 0.3) is 0 Å². The highest BCUT2D eigenvalue weighted by atomic mass is 16.5. The van der Waals surface area contributed by atoms with Gasteiger partial charge < -0.3 is 14.7 Å². The molecule has 2 saturated carbocycles. The van der Waals surface area contributed by atoms with Crippen molar-refractivity contribution in [2.24, 2.45) is 11.3 Å². The Hall–Kier alpha value is -1.55. The van der Waals surface area contributed by atoms with Crippen LogP contribution in [0.3, 0.4) is 0 Å². The topological polar surface area (TPSA) is 49.8 Å². The number of likely N-dealkylation sites (tertiary alicyclic amines) is 1. The summed E-state index contributed by atoms with van der Waals surface area (Å²) in [4.78, 5) is 15.4. The van der Waals surface area contributed by atoms with E-state index in [1.54, 1.807) is 7.11 Å². The molecule has 1 unspecified atom stereocenters. The van der Waals surface area contributed by atoms with Gasteiger partial charge in [0.2, 0.25) is 5.91 Å². The summed E-state index contributed by atoms with van der Waals surface area (Å²) in [5.41, 5.74) is 1.21. The lowest BCUT2D eigenvalue weighted by Gasteiger charge is -2.61. The molecule has 1 spiro atoms. The molecule has 4 nitrogen and oxygen atoms in total. The largest absolute Gasteiger partial charge is 0.497 e. The summed E-state index contributed by atoms with van der Waals surface area (Å²) < 4.78 is 5.27. The summed E-state index contributed by atoms with van der Waals surface area (Å²) in [6, 6.07) is 8.08. The number of carbonyl (C=O) groups excluding carboxylic acids is 1. The van der Waals surface area contributed by atoms with Crippen molar-refractivity contribution in [2.75, 3.05) is 26.8 Å². The van der Waals surface area contributed by atoms with Crippen LogP contribution in [0.1, 0.15) is 44.1 Å². The first-order valence-corrected chi connectivity index (χ1v) is 9.16. The Morgan fingerprint density at radius 2 is 2.00 bits per heavy atom. The minimum atomic E-state index is -0.350. The minimum absolute atomic E-state index is 0.184. The fraction of sp³-hybridized carbons (Fsp3) is 0.650. The molecule has 0 bridgehead atoms. The van der Waals surface area contributed by atoms with Crippen LogP contribution in [0.4, 0.5) is 0 Å². The molecule has 1 N–H and O–H groups in total. The van der Waals surface area contributed by atoms with Gasteiger partial charge in [-0.15, -0.1) is 0 Å². The van der Waals surface area contributed by atoms with E-state index in [4.69, 9.17) is 4.74 Å². The third-order valence-corrected chi connectivity index (χ3v) is 6.65. The van der Waals surface area contributed by atoms with Crippen LogP contribution >= 0.6 is 0 Å². The van der Waals surface area contributed by atoms with Crippen molar-refractivity contribution in [1.29, 1.82) is 0 Å². The molecule has 1 heterocycles. The molecular formula is C20H27NO3. The van der Waals surface area contributed by atoms with E-state index < -0.39 is 0 Å². The highest BCUT2D eigenvalue weighted by molar-refractivity contribution is 5.90. The fourth-order valence-electron chi connectivity index (χ4n) is 5.12. The highest BCUT2D eigenvalue weighted by Gasteiger charge is 2.62. The fourth-order valence-corrected chi connectivity index (χ4v) is 5.12. The van der Waals surface area contributed by atoms with Crippen LogP contribution in [0.2, 0.25) is 0 Å². The minimum Gasteiger partial charge on any atom is -0.497 e. The molecule has 4 heteroatoms. The van der Waals surface area contributed by atoms with Crippen LogP contribution in [0, 0.1) is 11.3 Å². The Kier molecular flexibility index (Phi) is 3.83. The van der Waals surface area contributed by atoms with E-state index in [1.807, 2.05) is 17.0 Å². The van der Waals surface area contributed by atoms with Gasteiger partial charge in [-0.1, -0.05) is 18.6 Å². The van der Waals surface area contributed by atoms with Crippen LogP contribution in [0.5, 0.6) is 5.75 Å². The summed E-state index contributed by atoms with van der Waals surface area (Å²) in [5.74, 6) is 1.36. The van der Waals surface area contributed by atoms with Crippen LogP contribution in [-0.4, -0.2) is 42.7 Å². The van der Waals surface area contributed by atoms with Crippen LogP contribution < -0.4 is 4.74 Å². The molecule has 1 aromatic rings. The average Bonchev–Trinajstić information content (AvgIpc) is 3.02. The van der Waals surface area contributed by atoms with Gasteiger partial charge in [0, 0.05) is 25.6 Å². The number of hydrogen-bond acceptors (Lipinski definition) is 3. The number of carbonyl (C=O) groups is 1. The first-order chi connectivity index (χ1) is 11.6. The molecule has 0 radical (unpaired) electrons. The lowest BCUT2D eigenvalue weighted by atomic mass is 9.43. The number of nitrogens with zero attached hydrogens (tertiary/aromatic N) is 1. The number of aliphatic hydroxyl groups excluding tert-OH is 1. The SMILES string of the molecule is COc1ccc(C2(C(=O)N3CCC(CO)C3)CC3(CCC3)C2)cc1. The van der Waals surface area contributed by atoms with Crippen molar-refractivity contribution < 1.29 is 14.6 Å². The molecule has 4 rings (SSSR count). The maximum absolute atomic E-state index is 13.4. The number of rotatable bonds is 4. The van der Waals surface area contributed by atoms with E-state index in [-0.39, 0.29) is 23.8 Å². The number of benzene rings is 1. The van der Waals surface area contributed by atoms with Crippen molar-refractivity contribution in [2.45, 2.75) is 43.9 Å². The van der Waals surface area contributed by atoms with Gasteiger partial charge in [0.1, 0.15) is 5.75 Å². The van der Waals surface area contributed by atoms with Crippen molar-refractivity contribution >= 4 is 5.91 Å². The van der Waals surface area contributed by atoms with E-state index >= 15 is 0 Å². The van der Waals surface area contributed by atoms with Gasteiger partial charge in [0.25, 0.3) is 0 Å². The molecule has 1 saturated heterocycles. The standard InChI is InChI=1S/C20H27NO3/c1-24-17-5-3-16(4-6-17)20(13-19(14-20)8-2-9-19)18(23)21-10-7-15(11-21)12-22/h3-6,15,22H,2,7-14H2,1H3. The Balaban J connectivity index is 1.60. The third kappa shape index (κ3) is 2.34. The summed E-state index contributed by atoms with van der Waals surface area (Å²) in [5, 5.41) is 9.39. The van der Waals surface area contributed by atoms with E-state index in [9.17, 15) is 9.90 Å². The van der Waals surface area contributed by atoms with Crippen molar-refractivity contribution in [3.63, 3.8) is 0 Å². The quantitative estimate of drug-likeness (QED) is 0.924. The lowest BCUT2D eigenvalue weighted by Crippen LogP contribution is -2.60. The summed E-state index contributed by atoms with van der Waals surface area (Å²) >= 11 is 0. The molecule has 1 aromatic carbocycles. The first kappa shape index (κ1) is 15.9. The maximum atomic E-state index is 13.4. The summed E-state index contributed by atoms with van der Waals surface area (Å²) in [6.07, 6.45) is 6.76. The van der Waals surface area contributed by atoms with Gasteiger partial charge in [0.15, 0.2) is 0 Å². The normalized spacial score (nSPS) is 26.8. The molecule has 3 aliphatic rings. The second-order valence-electron chi connectivity index (χ2n) is 8.11. The molecule has 1 amide bonds. The van der Waals surface area contributed by atoms with E-state index in [1.165, 1.54) is 19.3 Å². The zero-order valence-electron chi connectivity index (χ0n) is 14.5. The van der Waals surface area contributed by atoms with Crippen molar-refractivity contribution in [1.82, 2.24) is 4.90 Å². The molecule has 0 aromatic heterocycles. The molecule has 24 heavy (non-hydrogen) atoms. The molecule has 130 valence electrons. The van der Waals surface area contributed by atoms with Gasteiger partial charge >= 0.3 is 0 Å². The Labute approximate surface area is 143 Å². The van der Waals surface area contributed by atoms with Crippen molar-refractivity contribution in [3.8, 4) is 5.75 Å². The highest BCUT2D eigenvalue weighted by Crippen LogP contribution is 2.65. The third-order valence-electron chi connectivity index (χ3n) is 6.65. The number of hydrogen-bond donors (Lipinski definition) is 1. The zero-order chi connectivity index (χ0) is 16.8. The van der Waals surface area contributed by atoms with Gasteiger partial charge in [-0.25, -0.2) is 0 Å². The van der Waals surface area contributed by atoms with Crippen LogP contribution in [0.15, 0.2) is 24.3 Å². The second kappa shape index (κ2) is 5.76. The van der Waals surface area contributed by atoms with Gasteiger partial charge in [-0.3, -0.25) is 4.79 Å². The van der Waals surface area contributed by atoms with Gasteiger partial charge in [-0.2, -0.15) is 0 Å². The number of aliphatic hydroxyl groups is 1. The Morgan fingerprint density at radius 1 is 1.29 bits per heavy atom. The molecule has 1 atom stereocenters. The zero-order valence-corrected chi connectivity index (χ0v) is 14.5. The number of amides is 1. The molecule has 2 aliphatic carbocycles. The summed E-state index contributed by atoms with van der Waals surface area (Å²) in [6.45, 7) is 1.68. The lowest BCUT2D eigenvalue weighted by molar-refractivity contribution is -0.152. The van der Waals surface area contributed by atoms with Crippen molar-refractivity contribution in [3.05, 3.63) is 29.8 Å². The monoisotopic (exact) mass is 329 g/mol. The smallest absolute Gasteiger partial charge is 0.233 e. The Morgan fingerprint density at radius 3 is 2.50 bits per heavy atom. The van der Waals surface area contributed by atoms with Gasteiger partial charge in [-0.05, 0) is 55.2 Å². The maximum Gasteiger partial charge on any atom is 0.233 e. The average molecular weight is 329 g/mol. The Bertz CT molecular complexity index is 612. The second-order valence-corrected chi connectivity index (χ2v) is 8.11. The predicted octanol–water partition coefficient (Wildman–Crippen LogP) is 2.74. The number of ether oxygens (including phenoxy) is 1. The number of methoxy groups -OCH3 is 1. The molecule has 3 fully saturated rings. The molecule has 1 aliphatic heterocycles. The van der Waals surface area contributed by atoms with Crippen LogP contribution in [-0.2, 0) is 10.2 Å². The predicted molar refractivity (Wildman–Crippen MR) is 92.0 cm³/mol.